The molecule has 0 amide bonds. The van der Waals surface area contributed by atoms with Crippen molar-refractivity contribution in [2.45, 2.75) is 12.3 Å². The van der Waals surface area contributed by atoms with Gasteiger partial charge in [-0.3, -0.25) is 0 Å². The van der Waals surface area contributed by atoms with Crippen molar-refractivity contribution in [1.29, 1.82) is 0 Å². The van der Waals surface area contributed by atoms with Gasteiger partial charge in [0.1, 0.15) is 5.75 Å². The highest BCUT2D eigenvalue weighted by molar-refractivity contribution is 9.08. The van der Waals surface area contributed by atoms with Crippen LogP contribution in [0.5, 0.6) is 5.75 Å². The van der Waals surface area contributed by atoms with Crippen molar-refractivity contribution >= 4 is 37.4 Å². The standard InChI is InChI=1S/C11H11BrOS/c1-7-9(6-12)8-4-3-5-10(13-2)11(8)14-7/h3-5H,6H2,1-2H3. The molecule has 0 fully saturated rings. The van der Waals surface area contributed by atoms with Gasteiger partial charge >= 0.3 is 0 Å². The van der Waals surface area contributed by atoms with Crippen LogP contribution in [0.4, 0.5) is 0 Å². The molecular weight excluding hydrogens is 260 g/mol. The van der Waals surface area contributed by atoms with Gasteiger partial charge in [-0.2, -0.15) is 0 Å². The average molecular weight is 271 g/mol. The van der Waals surface area contributed by atoms with Gasteiger partial charge in [0, 0.05) is 15.6 Å². The van der Waals surface area contributed by atoms with Gasteiger partial charge in [-0.25, -0.2) is 0 Å². The van der Waals surface area contributed by atoms with Crippen molar-refractivity contribution in [3.8, 4) is 5.75 Å². The van der Waals surface area contributed by atoms with Crippen LogP contribution in [-0.2, 0) is 5.33 Å². The van der Waals surface area contributed by atoms with Crippen LogP contribution in [0.15, 0.2) is 18.2 Å². The van der Waals surface area contributed by atoms with Crippen LogP contribution in [-0.4, -0.2) is 7.11 Å². The number of halogens is 1. The fourth-order valence-electron chi connectivity index (χ4n) is 1.59. The maximum atomic E-state index is 5.34. The van der Waals surface area contributed by atoms with E-state index in [0.717, 1.165) is 11.1 Å². The van der Waals surface area contributed by atoms with E-state index >= 15 is 0 Å². The second-order valence-electron chi connectivity index (χ2n) is 3.11. The Labute approximate surface area is 95.8 Å². The van der Waals surface area contributed by atoms with Gasteiger partial charge in [0.05, 0.1) is 11.8 Å². The summed E-state index contributed by atoms with van der Waals surface area (Å²) in [5, 5.41) is 2.22. The third-order valence-corrected chi connectivity index (χ3v) is 4.08. The number of benzene rings is 1. The Balaban J connectivity index is 2.79. The zero-order chi connectivity index (χ0) is 10.1. The first kappa shape index (κ1) is 9.99. The second kappa shape index (κ2) is 3.91. The summed E-state index contributed by atoms with van der Waals surface area (Å²) in [6.45, 7) is 2.15. The average Bonchev–Trinajstić information content (AvgIpc) is 2.52. The van der Waals surface area contributed by atoms with Gasteiger partial charge in [-0.15, -0.1) is 11.3 Å². The summed E-state index contributed by atoms with van der Waals surface area (Å²) in [4.78, 5) is 1.36. The summed E-state index contributed by atoms with van der Waals surface area (Å²) in [7, 11) is 1.72. The lowest BCUT2D eigenvalue weighted by Crippen LogP contribution is -1.82. The number of alkyl halides is 1. The molecular formula is C11H11BrOS. The Hall–Kier alpha value is -0.540. The molecule has 0 aliphatic heterocycles. The Morgan fingerprint density at radius 1 is 1.43 bits per heavy atom. The third kappa shape index (κ3) is 1.44. The number of methoxy groups -OCH3 is 1. The van der Waals surface area contributed by atoms with Crippen molar-refractivity contribution in [2.75, 3.05) is 7.11 Å². The summed E-state index contributed by atoms with van der Waals surface area (Å²) in [6, 6.07) is 6.20. The maximum Gasteiger partial charge on any atom is 0.136 e. The lowest BCUT2D eigenvalue weighted by Gasteiger charge is -2.00. The van der Waals surface area contributed by atoms with E-state index in [1.165, 1.54) is 20.5 Å². The Morgan fingerprint density at radius 3 is 2.86 bits per heavy atom. The van der Waals surface area contributed by atoms with Crippen molar-refractivity contribution in [1.82, 2.24) is 0 Å². The summed E-state index contributed by atoms with van der Waals surface area (Å²) < 4.78 is 6.59. The highest BCUT2D eigenvalue weighted by Gasteiger charge is 2.10. The molecule has 0 radical (unpaired) electrons. The van der Waals surface area contributed by atoms with Crippen LogP contribution in [0.25, 0.3) is 10.1 Å². The zero-order valence-electron chi connectivity index (χ0n) is 8.13. The van der Waals surface area contributed by atoms with Crippen molar-refractivity contribution in [3.05, 3.63) is 28.6 Å². The fraction of sp³-hybridized carbons (Fsp3) is 0.273. The number of aryl methyl sites for hydroxylation is 1. The maximum absolute atomic E-state index is 5.34. The van der Waals surface area contributed by atoms with E-state index in [9.17, 15) is 0 Å². The molecule has 1 heterocycles. The molecule has 0 bridgehead atoms. The minimum absolute atomic E-state index is 0.909. The van der Waals surface area contributed by atoms with Crippen LogP contribution in [0.1, 0.15) is 10.4 Å². The third-order valence-electron chi connectivity index (χ3n) is 2.34. The first-order valence-corrected chi connectivity index (χ1v) is 6.32. The minimum Gasteiger partial charge on any atom is -0.495 e. The number of ether oxygens (including phenoxy) is 1. The molecule has 0 unspecified atom stereocenters. The molecule has 0 N–H and O–H groups in total. The highest BCUT2D eigenvalue weighted by atomic mass is 79.9. The summed E-state index contributed by atoms with van der Waals surface area (Å²) in [5.41, 5.74) is 1.38. The smallest absolute Gasteiger partial charge is 0.136 e. The van der Waals surface area contributed by atoms with Crippen molar-refractivity contribution in [3.63, 3.8) is 0 Å². The molecule has 1 nitrogen and oxygen atoms in total. The Kier molecular flexibility index (Phi) is 2.79. The van der Waals surface area contributed by atoms with Crippen molar-refractivity contribution in [2.24, 2.45) is 0 Å². The summed E-state index contributed by atoms with van der Waals surface area (Å²) in [5.74, 6) is 0.975. The number of hydrogen-bond donors (Lipinski definition) is 0. The van der Waals surface area contributed by atoms with E-state index in [-0.39, 0.29) is 0 Å². The van der Waals surface area contributed by atoms with E-state index in [1.807, 2.05) is 12.1 Å². The van der Waals surface area contributed by atoms with E-state index in [0.29, 0.717) is 0 Å². The lowest BCUT2D eigenvalue weighted by molar-refractivity contribution is 0.420. The molecule has 1 aromatic carbocycles. The predicted molar refractivity (Wildman–Crippen MR) is 65.7 cm³/mol. The Bertz CT molecular complexity index is 462. The molecule has 0 aliphatic rings. The molecule has 74 valence electrons. The van der Waals surface area contributed by atoms with Crippen LogP contribution < -0.4 is 4.74 Å². The zero-order valence-corrected chi connectivity index (χ0v) is 10.5. The SMILES string of the molecule is COc1cccc2c(CBr)c(C)sc12. The van der Waals surface area contributed by atoms with E-state index in [1.54, 1.807) is 18.4 Å². The van der Waals surface area contributed by atoms with Crippen LogP contribution >= 0.6 is 27.3 Å². The van der Waals surface area contributed by atoms with Gasteiger partial charge < -0.3 is 4.74 Å². The van der Waals surface area contributed by atoms with Gasteiger partial charge in [-0.1, -0.05) is 28.1 Å². The molecule has 2 aromatic rings. The van der Waals surface area contributed by atoms with Crippen LogP contribution in [0, 0.1) is 6.92 Å². The largest absolute Gasteiger partial charge is 0.495 e. The van der Waals surface area contributed by atoms with E-state index in [4.69, 9.17) is 4.74 Å². The predicted octanol–water partition coefficient (Wildman–Crippen LogP) is 4.11. The monoisotopic (exact) mass is 270 g/mol. The molecule has 2 rings (SSSR count). The molecule has 0 saturated carbocycles. The minimum atomic E-state index is 0.909. The summed E-state index contributed by atoms with van der Waals surface area (Å²) >= 11 is 5.32. The Morgan fingerprint density at radius 2 is 2.21 bits per heavy atom. The number of thiophene rings is 1. The van der Waals surface area contributed by atoms with Gasteiger partial charge in [0.2, 0.25) is 0 Å². The van der Waals surface area contributed by atoms with Gasteiger partial charge in [0.25, 0.3) is 0 Å². The molecule has 14 heavy (non-hydrogen) atoms. The van der Waals surface area contributed by atoms with E-state index in [2.05, 4.69) is 28.9 Å². The lowest BCUT2D eigenvalue weighted by atomic mass is 10.1. The fourth-order valence-corrected chi connectivity index (χ4v) is 3.66. The topological polar surface area (TPSA) is 9.23 Å². The summed E-state index contributed by atoms with van der Waals surface area (Å²) in [6.07, 6.45) is 0. The highest BCUT2D eigenvalue weighted by Crippen LogP contribution is 2.37. The van der Waals surface area contributed by atoms with Crippen LogP contribution in [0.2, 0.25) is 0 Å². The quantitative estimate of drug-likeness (QED) is 0.747. The number of hydrogen-bond acceptors (Lipinski definition) is 2. The molecule has 0 saturated heterocycles. The number of fused-ring (bicyclic) bond motifs is 1. The molecule has 0 atom stereocenters. The molecule has 3 heteroatoms. The number of rotatable bonds is 2. The second-order valence-corrected chi connectivity index (χ2v) is 4.89. The van der Waals surface area contributed by atoms with E-state index < -0.39 is 0 Å². The molecule has 1 aromatic heterocycles. The van der Waals surface area contributed by atoms with Gasteiger partial charge in [0.15, 0.2) is 0 Å². The van der Waals surface area contributed by atoms with Crippen molar-refractivity contribution < 1.29 is 4.74 Å². The molecule has 0 aliphatic carbocycles. The van der Waals surface area contributed by atoms with Crippen LogP contribution in [0.3, 0.4) is 0 Å². The van der Waals surface area contributed by atoms with Gasteiger partial charge in [-0.05, 0) is 18.6 Å². The normalized spacial score (nSPS) is 10.8. The molecule has 0 spiro atoms. The first-order chi connectivity index (χ1) is 6.77. The first-order valence-electron chi connectivity index (χ1n) is 4.39.